The SMILES string of the molecule is CCC(C)[C@H](NC(=O)[C@@H](Cc1ccccc1)NC(=O)OCc1ccccc1)C(=O)N1CCCC[C@@H]1C(=O)N1CCCC[C@H]1C(=O)N(C)[C@H](Cc1ccccc1)C(=O)N1CCC[C@H]1C(=O)OCc1ccccc1. The first-order chi connectivity index (χ1) is 34.9. The van der Waals surface area contributed by atoms with Crippen molar-refractivity contribution in [1.29, 1.82) is 0 Å². The van der Waals surface area contributed by atoms with Crippen molar-refractivity contribution in [2.24, 2.45) is 5.92 Å². The van der Waals surface area contributed by atoms with Gasteiger partial charge in [-0.1, -0.05) is 142 Å². The summed E-state index contributed by atoms with van der Waals surface area (Å²) >= 11 is 0. The summed E-state index contributed by atoms with van der Waals surface area (Å²) in [4.78, 5) is 107. The number of likely N-dealkylation sites (N-methyl/N-ethyl adjacent to an activating group) is 1. The molecule has 7 atom stereocenters. The van der Waals surface area contributed by atoms with Gasteiger partial charge in [-0.15, -0.1) is 0 Å². The molecule has 6 amide bonds. The van der Waals surface area contributed by atoms with Gasteiger partial charge >= 0.3 is 12.1 Å². The molecule has 0 aliphatic carbocycles. The molecule has 0 bridgehead atoms. The molecule has 3 aliphatic heterocycles. The van der Waals surface area contributed by atoms with Crippen LogP contribution < -0.4 is 10.6 Å². The molecule has 382 valence electrons. The van der Waals surface area contributed by atoms with E-state index in [9.17, 15) is 28.8 Å². The minimum atomic E-state index is -1.09. The van der Waals surface area contributed by atoms with E-state index in [1.165, 1.54) is 4.90 Å². The zero-order valence-electron chi connectivity index (χ0n) is 41.9. The quantitative estimate of drug-likeness (QED) is 0.0979. The summed E-state index contributed by atoms with van der Waals surface area (Å²) in [5.74, 6) is -2.92. The Morgan fingerprint density at radius 1 is 0.569 bits per heavy atom. The number of rotatable bonds is 19. The van der Waals surface area contributed by atoms with Gasteiger partial charge in [0.05, 0.1) is 0 Å². The largest absolute Gasteiger partial charge is 0.459 e. The number of ether oxygens (including phenoxy) is 2. The highest BCUT2D eigenvalue weighted by atomic mass is 16.5. The molecule has 72 heavy (non-hydrogen) atoms. The molecule has 3 aliphatic rings. The van der Waals surface area contributed by atoms with Gasteiger partial charge in [0.2, 0.25) is 29.5 Å². The lowest BCUT2D eigenvalue weighted by atomic mass is 9.92. The Hall–Kier alpha value is -7.03. The van der Waals surface area contributed by atoms with Gasteiger partial charge in [-0.25, -0.2) is 9.59 Å². The summed E-state index contributed by atoms with van der Waals surface area (Å²) in [6.45, 7) is 4.78. The number of likely N-dealkylation sites (tertiary alicyclic amines) is 3. The van der Waals surface area contributed by atoms with Crippen LogP contribution >= 0.6 is 0 Å². The Morgan fingerprint density at radius 3 is 1.64 bits per heavy atom. The number of carbonyl (C=O) groups excluding carboxylic acids is 7. The van der Waals surface area contributed by atoms with Crippen molar-refractivity contribution in [2.45, 2.75) is 134 Å². The van der Waals surface area contributed by atoms with E-state index in [1.54, 1.807) is 21.7 Å². The van der Waals surface area contributed by atoms with Gasteiger partial charge in [0.1, 0.15) is 49.5 Å². The first kappa shape index (κ1) is 52.8. The molecule has 3 fully saturated rings. The number of alkyl carbamates (subject to hydrolysis) is 1. The number of nitrogens with one attached hydrogen (secondary N) is 2. The molecular weight excluding hydrogens is 913 g/mol. The van der Waals surface area contributed by atoms with Gasteiger partial charge in [0.15, 0.2) is 0 Å². The lowest BCUT2D eigenvalue weighted by molar-refractivity contribution is -0.160. The number of nitrogens with zero attached hydrogens (tertiary/aromatic N) is 4. The van der Waals surface area contributed by atoms with Crippen LogP contribution in [0.15, 0.2) is 121 Å². The number of piperidine rings is 2. The van der Waals surface area contributed by atoms with Gasteiger partial charge in [0, 0.05) is 39.5 Å². The molecule has 15 heteroatoms. The molecule has 1 unspecified atom stereocenters. The first-order valence-electron chi connectivity index (χ1n) is 25.7. The number of carbonyl (C=O) groups is 7. The van der Waals surface area contributed by atoms with Gasteiger partial charge in [-0.2, -0.15) is 0 Å². The molecule has 3 saturated heterocycles. The second-order valence-electron chi connectivity index (χ2n) is 19.3. The van der Waals surface area contributed by atoms with Crippen molar-refractivity contribution >= 4 is 41.6 Å². The molecule has 0 radical (unpaired) electrons. The van der Waals surface area contributed by atoms with Gasteiger partial charge < -0.3 is 39.7 Å². The molecule has 0 aromatic heterocycles. The third-order valence-electron chi connectivity index (χ3n) is 14.4. The van der Waals surface area contributed by atoms with E-state index in [0.717, 1.165) is 22.3 Å². The number of esters is 1. The molecule has 7 rings (SSSR count). The zero-order valence-corrected chi connectivity index (χ0v) is 41.9. The topological polar surface area (TPSA) is 175 Å². The second-order valence-corrected chi connectivity index (χ2v) is 19.3. The Kier molecular flexibility index (Phi) is 19.0. The Labute approximate surface area is 423 Å². The maximum absolute atomic E-state index is 15.1. The number of amides is 6. The van der Waals surface area contributed by atoms with Crippen LogP contribution in [-0.4, -0.2) is 124 Å². The fourth-order valence-corrected chi connectivity index (χ4v) is 10.1. The van der Waals surface area contributed by atoms with Crippen LogP contribution in [0.2, 0.25) is 0 Å². The van der Waals surface area contributed by atoms with Crippen LogP contribution in [0.1, 0.15) is 93.9 Å². The van der Waals surface area contributed by atoms with Crippen molar-refractivity contribution in [2.75, 3.05) is 26.7 Å². The minimum absolute atomic E-state index is 0.00376. The van der Waals surface area contributed by atoms with Crippen LogP contribution in [0.5, 0.6) is 0 Å². The average molecular weight is 983 g/mol. The zero-order chi connectivity index (χ0) is 51.0. The Bertz CT molecular complexity index is 2440. The van der Waals surface area contributed by atoms with Gasteiger partial charge in [-0.05, 0) is 79.5 Å². The maximum atomic E-state index is 15.1. The predicted molar refractivity (Wildman–Crippen MR) is 271 cm³/mol. The Balaban J connectivity index is 1.07. The third-order valence-corrected chi connectivity index (χ3v) is 14.4. The Morgan fingerprint density at radius 2 is 1.06 bits per heavy atom. The van der Waals surface area contributed by atoms with Crippen LogP contribution in [-0.2, 0) is 64.3 Å². The molecule has 4 aromatic carbocycles. The van der Waals surface area contributed by atoms with E-state index >= 15 is 4.79 Å². The standard InChI is InChI=1S/C57H70N6O9/c1-4-40(2)50(59-51(64)45(36-41-22-9-5-10-23-41)58-57(70)72-39-44-28-15-8-16-29-44)55(68)62-34-20-18-31-47(62)53(66)61-33-19-17-30-46(61)52(65)60(3)49(37-42-24-11-6-12-25-42)54(67)63-35-21-32-48(63)56(69)71-38-43-26-13-7-14-27-43/h5-16,22-29,40,45-50H,4,17-21,30-39H2,1-3H3,(H,58,70)(H,59,64)/t40?,45-,46+,47-,48+,49-,50+/m1/s1. The second kappa shape index (κ2) is 25.9. The van der Waals surface area contributed by atoms with E-state index in [4.69, 9.17) is 9.47 Å². The third kappa shape index (κ3) is 13.7. The van der Waals surface area contributed by atoms with Crippen molar-refractivity contribution in [1.82, 2.24) is 30.2 Å². The highest BCUT2D eigenvalue weighted by molar-refractivity contribution is 5.97. The summed E-state index contributed by atoms with van der Waals surface area (Å²) < 4.78 is 11.2. The molecular formula is C57H70N6O9. The summed E-state index contributed by atoms with van der Waals surface area (Å²) in [7, 11) is 1.60. The van der Waals surface area contributed by atoms with Crippen molar-refractivity contribution < 1.29 is 43.0 Å². The summed E-state index contributed by atoms with van der Waals surface area (Å²) in [6, 6.07) is 31.5. The van der Waals surface area contributed by atoms with Crippen molar-refractivity contribution in [3.63, 3.8) is 0 Å². The lowest BCUT2D eigenvalue weighted by Gasteiger charge is -2.44. The smallest absolute Gasteiger partial charge is 0.408 e. The number of benzene rings is 4. The first-order valence-corrected chi connectivity index (χ1v) is 25.7. The fraction of sp³-hybridized carbons (Fsp3) is 0.456. The van der Waals surface area contributed by atoms with E-state index < -0.39 is 66.0 Å². The van der Waals surface area contributed by atoms with E-state index in [1.807, 2.05) is 135 Å². The summed E-state index contributed by atoms with van der Waals surface area (Å²) in [6.07, 6.45) is 4.52. The normalized spacial score (nSPS) is 19.5. The minimum Gasteiger partial charge on any atom is -0.459 e. The maximum Gasteiger partial charge on any atom is 0.408 e. The average Bonchev–Trinajstić information content (AvgIpc) is 3.93. The predicted octanol–water partition coefficient (Wildman–Crippen LogP) is 6.62. The van der Waals surface area contributed by atoms with Crippen molar-refractivity contribution in [3.8, 4) is 0 Å². The number of hydrogen-bond donors (Lipinski definition) is 2. The molecule has 15 nitrogen and oxygen atoms in total. The fourth-order valence-electron chi connectivity index (χ4n) is 10.1. The summed E-state index contributed by atoms with van der Waals surface area (Å²) in [5.41, 5.74) is 3.24. The van der Waals surface area contributed by atoms with E-state index in [2.05, 4.69) is 10.6 Å². The van der Waals surface area contributed by atoms with Crippen LogP contribution in [0.3, 0.4) is 0 Å². The van der Waals surface area contributed by atoms with Crippen LogP contribution in [0.4, 0.5) is 4.79 Å². The molecule has 0 saturated carbocycles. The van der Waals surface area contributed by atoms with Crippen molar-refractivity contribution in [3.05, 3.63) is 144 Å². The molecule has 3 heterocycles. The lowest BCUT2D eigenvalue weighted by Crippen LogP contribution is -2.63. The highest BCUT2D eigenvalue weighted by Gasteiger charge is 2.46. The van der Waals surface area contributed by atoms with Crippen LogP contribution in [0, 0.1) is 5.92 Å². The number of hydrogen-bond acceptors (Lipinski definition) is 9. The van der Waals surface area contributed by atoms with Crippen LogP contribution in [0.25, 0.3) is 0 Å². The van der Waals surface area contributed by atoms with Gasteiger partial charge in [-0.3, -0.25) is 24.0 Å². The molecule has 0 spiro atoms. The molecule has 4 aromatic rings. The summed E-state index contributed by atoms with van der Waals surface area (Å²) in [5, 5.41) is 5.72. The molecule has 2 N–H and O–H groups in total. The van der Waals surface area contributed by atoms with E-state index in [0.29, 0.717) is 70.9 Å². The highest BCUT2D eigenvalue weighted by Crippen LogP contribution is 2.29. The van der Waals surface area contributed by atoms with E-state index in [-0.39, 0.29) is 50.3 Å². The van der Waals surface area contributed by atoms with Gasteiger partial charge in [0.25, 0.3) is 0 Å². The monoisotopic (exact) mass is 983 g/mol.